The minimum Gasteiger partial charge on any atom is -0.465 e. The van der Waals surface area contributed by atoms with Crippen LogP contribution < -0.4 is 4.74 Å². The van der Waals surface area contributed by atoms with E-state index in [1.54, 1.807) is 6.92 Å². The standard InChI is InChI=1S/C17H20O4/c1-4-19-16(18)15-12(3)14(21-17(15)20-5-2)11-13-9-7-6-8-10-13/h6-10H,4-5,11H2,1-3H3. The smallest absolute Gasteiger partial charge is 0.345 e. The lowest BCUT2D eigenvalue weighted by Crippen LogP contribution is -2.07. The molecule has 2 rings (SSSR count). The number of furan rings is 1. The molecule has 0 radical (unpaired) electrons. The number of hydrogen-bond acceptors (Lipinski definition) is 4. The van der Waals surface area contributed by atoms with Gasteiger partial charge in [0.2, 0.25) is 0 Å². The Morgan fingerprint density at radius 3 is 2.48 bits per heavy atom. The van der Waals surface area contributed by atoms with Crippen molar-refractivity contribution in [1.29, 1.82) is 0 Å². The minimum absolute atomic E-state index is 0.249. The van der Waals surface area contributed by atoms with Gasteiger partial charge in [-0.15, -0.1) is 0 Å². The molecule has 0 aliphatic rings. The molecule has 0 saturated heterocycles. The van der Waals surface area contributed by atoms with Crippen LogP contribution in [0.4, 0.5) is 0 Å². The number of esters is 1. The maximum absolute atomic E-state index is 12.1. The second-order valence-corrected chi connectivity index (χ2v) is 4.63. The lowest BCUT2D eigenvalue weighted by Gasteiger charge is -2.03. The van der Waals surface area contributed by atoms with Gasteiger partial charge in [-0.2, -0.15) is 0 Å². The Labute approximate surface area is 124 Å². The molecular formula is C17H20O4. The fourth-order valence-corrected chi connectivity index (χ4v) is 2.15. The van der Waals surface area contributed by atoms with E-state index in [4.69, 9.17) is 13.9 Å². The van der Waals surface area contributed by atoms with Gasteiger partial charge in [0.15, 0.2) is 0 Å². The first-order valence-corrected chi connectivity index (χ1v) is 7.13. The summed E-state index contributed by atoms with van der Waals surface area (Å²) in [6, 6.07) is 9.96. The summed E-state index contributed by atoms with van der Waals surface area (Å²) in [5.41, 5.74) is 2.29. The van der Waals surface area contributed by atoms with Crippen molar-refractivity contribution in [2.45, 2.75) is 27.2 Å². The highest BCUT2D eigenvalue weighted by Crippen LogP contribution is 2.31. The van der Waals surface area contributed by atoms with Crippen LogP contribution in [0.5, 0.6) is 5.95 Å². The fraction of sp³-hybridized carbons (Fsp3) is 0.353. The molecule has 0 aliphatic carbocycles. The van der Waals surface area contributed by atoms with E-state index < -0.39 is 5.97 Å². The molecule has 0 atom stereocenters. The summed E-state index contributed by atoms with van der Waals surface area (Å²) in [6.07, 6.45) is 0.617. The molecule has 1 aromatic heterocycles. The van der Waals surface area contributed by atoms with Crippen molar-refractivity contribution in [3.05, 3.63) is 52.8 Å². The van der Waals surface area contributed by atoms with E-state index in [1.165, 1.54) is 0 Å². The molecule has 0 spiro atoms. The monoisotopic (exact) mass is 288 g/mol. The first-order chi connectivity index (χ1) is 10.2. The van der Waals surface area contributed by atoms with E-state index in [-0.39, 0.29) is 5.95 Å². The van der Waals surface area contributed by atoms with E-state index >= 15 is 0 Å². The number of hydrogen-bond donors (Lipinski definition) is 0. The molecule has 0 aliphatic heterocycles. The van der Waals surface area contributed by atoms with E-state index in [0.29, 0.717) is 25.2 Å². The second-order valence-electron chi connectivity index (χ2n) is 4.63. The van der Waals surface area contributed by atoms with Gasteiger partial charge >= 0.3 is 5.97 Å². The molecule has 0 bridgehead atoms. The molecule has 2 aromatic rings. The van der Waals surface area contributed by atoms with Crippen molar-refractivity contribution in [3.8, 4) is 5.95 Å². The largest absolute Gasteiger partial charge is 0.465 e. The number of carbonyl (C=O) groups is 1. The molecule has 0 saturated carbocycles. The molecule has 0 N–H and O–H groups in total. The van der Waals surface area contributed by atoms with Crippen LogP contribution in [0, 0.1) is 6.92 Å². The van der Waals surface area contributed by atoms with Crippen molar-refractivity contribution in [1.82, 2.24) is 0 Å². The van der Waals surface area contributed by atoms with Gasteiger partial charge < -0.3 is 13.9 Å². The van der Waals surface area contributed by atoms with Crippen molar-refractivity contribution >= 4 is 5.97 Å². The Kier molecular flexibility index (Phi) is 5.04. The number of ether oxygens (including phenoxy) is 2. The van der Waals surface area contributed by atoms with Crippen LogP contribution in [-0.2, 0) is 11.2 Å². The summed E-state index contributed by atoms with van der Waals surface area (Å²) in [6.45, 7) is 6.24. The highest BCUT2D eigenvalue weighted by molar-refractivity contribution is 5.93. The van der Waals surface area contributed by atoms with Crippen LogP contribution in [0.3, 0.4) is 0 Å². The van der Waals surface area contributed by atoms with Crippen molar-refractivity contribution in [3.63, 3.8) is 0 Å². The average Bonchev–Trinajstić information content (AvgIpc) is 2.77. The van der Waals surface area contributed by atoms with Gasteiger partial charge in [-0.3, -0.25) is 0 Å². The van der Waals surface area contributed by atoms with Crippen molar-refractivity contribution < 1.29 is 18.7 Å². The van der Waals surface area contributed by atoms with Gasteiger partial charge in [0.25, 0.3) is 5.95 Å². The SMILES string of the molecule is CCOC(=O)c1c(OCC)oc(Cc2ccccc2)c1C. The van der Waals surface area contributed by atoms with Gasteiger partial charge in [0, 0.05) is 12.0 Å². The maximum atomic E-state index is 12.1. The lowest BCUT2D eigenvalue weighted by molar-refractivity contribution is 0.0518. The third-order valence-corrected chi connectivity index (χ3v) is 3.18. The van der Waals surface area contributed by atoms with Gasteiger partial charge in [0.1, 0.15) is 11.3 Å². The second kappa shape index (κ2) is 6.97. The Hall–Kier alpha value is -2.23. The molecule has 4 nitrogen and oxygen atoms in total. The molecular weight excluding hydrogens is 268 g/mol. The summed E-state index contributed by atoms with van der Waals surface area (Å²) in [5, 5.41) is 0. The maximum Gasteiger partial charge on any atom is 0.345 e. The van der Waals surface area contributed by atoms with Gasteiger partial charge in [-0.1, -0.05) is 30.3 Å². The zero-order valence-corrected chi connectivity index (χ0v) is 12.6. The first kappa shape index (κ1) is 15.2. The van der Waals surface area contributed by atoms with E-state index in [9.17, 15) is 4.79 Å². The summed E-state index contributed by atoms with van der Waals surface area (Å²) in [5.74, 6) is 0.577. The highest BCUT2D eigenvalue weighted by Gasteiger charge is 2.25. The molecule has 1 aromatic carbocycles. The average molecular weight is 288 g/mol. The zero-order valence-electron chi connectivity index (χ0n) is 12.6. The summed E-state index contributed by atoms with van der Waals surface area (Å²) < 4.78 is 16.3. The van der Waals surface area contributed by atoms with Crippen LogP contribution in [0.15, 0.2) is 34.7 Å². The Morgan fingerprint density at radius 2 is 1.86 bits per heavy atom. The quantitative estimate of drug-likeness (QED) is 0.759. The Bertz CT molecular complexity index is 599. The Balaban J connectivity index is 2.34. The molecule has 4 heteroatoms. The van der Waals surface area contributed by atoms with Crippen molar-refractivity contribution in [2.75, 3.05) is 13.2 Å². The Morgan fingerprint density at radius 1 is 1.14 bits per heavy atom. The van der Waals surface area contributed by atoms with Gasteiger partial charge in [-0.25, -0.2) is 4.79 Å². The molecule has 0 amide bonds. The topological polar surface area (TPSA) is 48.7 Å². The van der Waals surface area contributed by atoms with Crippen LogP contribution in [0.2, 0.25) is 0 Å². The summed E-state index contributed by atoms with van der Waals surface area (Å²) in [7, 11) is 0. The van der Waals surface area contributed by atoms with Crippen LogP contribution >= 0.6 is 0 Å². The predicted molar refractivity (Wildman–Crippen MR) is 79.8 cm³/mol. The first-order valence-electron chi connectivity index (χ1n) is 7.13. The third kappa shape index (κ3) is 3.45. The highest BCUT2D eigenvalue weighted by atomic mass is 16.6. The normalized spacial score (nSPS) is 10.4. The van der Waals surface area contributed by atoms with E-state index in [1.807, 2.05) is 44.2 Å². The summed E-state index contributed by atoms with van der Waals surface area (Å²) in [4.78, 5) is 12.1. The predicted octanol–water partition coefficient (Wildman–Crippen LogP) is 3.75. The van der Waals surface area contributed by atoms with Gasteiger partial charge in [0.05, 0.1) is 13.2 Å². The lowest BCUT2D eigenvalue weighted by atomic mass is 10.1. The van der Waals surface area contributed by atoms with Crippen molar-refractivity contribution in [2.24, 2.45) is 0 Å². The minimum atomic E-state index is -0.401. The number of benzene rings is 1. The molecule has 112 valence electrons. The molecule has 0 unspecified atom stereocenters. The number of carbonyl (C=O) groups excluding carboxylic acids is 1. The third-order valence-electron chi connectivity index (χ3n) is 3.18. The van der Waals surface area contributed by atoms with Crippen LogP contribution in [0.25, 0.3) is 0 Å². The molecule has 1 heterocycles. The molecule has 0 fully saturated rings. The summed E-state index contributed by atoms with van der Waals surface area (Å²) >= 11 is 0. The van der Waals surface area contributed by atoms with E-state index in [2.05, 4.69) is 0 Å². The molecule has 21 heavy (non-hydrogen) atoms. The van der Waals surface area contributed by atoms with Gasteiger partial charge in [-0.05, 0) is 26.3 Å². The number of rotatable bonds is 6. The zero-order chi connectivity index (χ0) is 15.2. The van der Waals surface area contributed by atoms with Crippen LogP contribution in [-0.4, -0.2) is 19.2 Å². The fourth-order valence-electron chi connectivity index (χ4n) is 2.15. The van der Waals surface area contributed by atoms with Crippen LogP contribution in [0.1, 0.15) is 41.1 Å². The van der Waals surface area contributed by atoms with E-state index in [0.717, 1.165) is 16.9 Å².